The topological polar surface area (TPSA) is 39.7 Å². The Balaban J connectivity index is 2.53. The second-order valence-electron chi connectivity index (χ2n) is 0.708. The SMILES string of the molecule is CONOC[I-]OI. The summed E-state index contributed by atoms with van der Waals surface area (Å²) in [5.74, 6) is 0. The summed E-state index contributed by atoms with van der Waals surface area (Å²) in [4.78, 5) is 9.05. The molecule has 4 nitrogen and oxygen atoms in total. The van der Waals surface area contributed by atoms with E-state index in [4.69, 9.17) is 1.40 Å². The van der Waals surface area contributed by atoms with E-state index in [2.05, 4.69) is 15.3 Å². The Hall–Kier alpha value is 1.30. The fraction of sp³-hybridized carbons (Fsp3) is 1.00. The molecule has 0 spiro atoms. The van der Waals surface area contributed by atoms with Gasteiger partial charge in [0.15, 0.2) is 0 Å². The summed E-state index contributed by atoms with van der Waals surface area (Å²) < 4.78 is 5.34. The molecule has 0 atom stereocenters. The van der Waals surface area contributed by atoms with E-state index >= 15 is 0 Å². The molecule has 0 bridgehead atoms. The summed E-state index contributed by atoms with van der Waals surface area (Å²) in [7, 11) is 1.49. The van der Waals surface area contributed by atoms with E-state index in [0.29, 0.717) is 4.61 Å². The molecule has 0 rings (SSSR count). The normalized spacial score (nSPS) is 10.2. The van der Waals surface area contributed by atoms with Crippen LogP contribution in [0.15, 0.2) is 0 Å². The van der Waals surface area contributed by atoms with E-state index in [1.165, 1.54) is 7.11 Å². The van der Waals surface area contributed by atoms with Gasteiger partial charge in [-0.1, -0.05) is 0 Å². The third-order valence-electron chi connectivity index (χ3n) is 0.283. The molecule has 0 fully saturated rings. The van der Waals surface area contributed by atoms with Gasteiger partial charge in [0, 0.05) is 0 Å². The van der Waals surface area contributed by atoms with E-state index in [1.807, 2.05) is 23.0 Å². The molecule has 0 aliphatic rings. The Labute approximate surface area is 72.7 Å². The minimum atomic E-state index is -0.263. The van der Waals surface area contributed by atoms with Crippen LogP contribution in [0.25, 0.3) is 0 Å². The van der Waals surface area contributed by atoms with Crippen molar-refractivity contribution in [2.45, 2.75) is 0 Å². The van der Waals surface area contributed by atoms with Gasteiger partial charge in [-0.05, 0) is 0 Å². The number of alkyl halides is 1. The molecule has 0 heterocycles. The molecule has 0 saturated carbocycles. The Morgan fingerprint density at radius 3 is 3.00 bits per heavy atom. The van der Waals surface area contributed by atoms with Crippen LogP contribution in [0.5, 0.6) is 0 Å². The molecule has 0 aromatic carbocycles. The number of hydrogen-bond acceptors (Lipinski definition) is 4. The van der Waals surface area contributed by atoms with Crippen molar-refractivity contribution in [1.82, 2.24) is 5.64 Å². The molecule has 0 aliphatic heterocycles. The third-order valence-corrected chi connectivity index (χ3v) is 2.66. The van der Waals surface area contributed by atoms with Crippen LogP contribution in [0.3, 0.4) is 0 Å². The van der Waals surface area contributed by atoms with Crippen molar-refractivity contribution in [3.63, 3.8) is 0 Å². The van der Waals surface area contributed by atoms with Crippen molar-refractivity contribution in [1.29, 1.82) is 0 Å². The molecule has 0 aromatic heterocycles. The molecule has 0 unspecified atom stereocenters. The molecular formula is C2H6I2NO3-. The van der Waals surface area contributed by atoms with E-state index in [1.54, 1.807) is 0 Å². The van der Waals surface area contributed by atoms with Crippen LogP contribution in [-0.2, 0) is 11.1 Å². The first kappa shape index (κ1) is 9.30. The monoisotopic (exact) mass is 346 g/mol. The van der Waals surface area contributed by atoms with Crippen LogP contribution in [-0.4, -0.2) is 11.7 Å². The standard InChI is InChI=1S/C2H6I2NO3/c1-6-5-7-2-4-8-3/h5H,2H2,1H3/q-1. The van der Waals surface area contributed by atoms with Gasteiger partial charge in [-0.2, -0.15) is 0 Å². The Bertz CT molecular complexity index is 40.3. The second-order valence-corrected chi connectivity index (χ2v) is 4.52. The van der Waals surface area contributed by atoms with Crippen LogP contribution in [0.1, 0.15) is 0 Å². The summed E-state index contributed by atoms with van der Waals surface area (Å²) in [5, 5.41) is 0. The Morgan fingerprint density at radius 2 is 2.50 bits per heavy atom. The van der Waals surface area contributed by atoms with E-state index < -0.39 is 0 Å². The quantitative estimate of drug-likeness (QED) is 0.257. The third kappa shape index (κ3) is 7.30. The van der Waals surface area contributed by atoms with E-state index in [0.717, 1.165) is 0 Å². The predicted molar refractivity (Wildman–Crippen MR) is 31.2 cm³/mol. The summed E-state index contributed by atoms with van der Waals surface area (Å²) in [6.07, 6.45) is 0. The molecule has 0 aliphatic carbocycles. The van der Waals surface area contributed by atoms with Gasteiger partial charge in [0.05, 0.1) is 0 Å². The van der Waals surface area contributed by atoms with E-state index in [-0.39, 0.29) is 21.6 Å². The van der Waals surface area contributed by atoms with Crippen LogP contribution < -0.4 is 27.3 Å². The van der Waals surface area contributed by atoms with Gasteiger partial charge in [0.1, 0.15) is 0 Å². The predicted octanol–water partition coefficient (Wildman–Crippen LogP) is -2.60. The van der Waals surface area contributed by atoms with Crippen LogP contribution in [0.2, 0.25) is 0 Å². The molecule has 0 amide bonds. The fourth-order valence-electron chi connectivity index (χ4n) is 0.120. The first-order chi connectivity index (χ1) is 3.91. The molecule has 1 N–H and O–H groups in total. The number of hydrogen-bond donors (Lipinski definition) is 1. The van der Waals surface area contributed by atoms with Crippen molar-refractivity contribution < 1.29 is 32.7 Å². The summed E-state index contributed by atoms with van der Waals surface area (Å²) in [6.45, 7) is 0. The van der Waals surface area contributed by atoms with Gasteiger partial charge in [-0.3, -0.25) is 0 Å². The molecule has 8 heavy (non-hydrogen) atoms. The molecule has 0 radical (unpaired) electrons. The Morgan fingerprint density at radius 1 is 1.75 bits per heavy atom. The molecule has 52 valence electrons. The maximum atomic E-state index is 4.75. The average molecular weight is 346 g/mol. The summed E-state index contributed by atoms with van der Waals surface area (Å²) >= 11 is 1.58. The first-order valence-corrected chi connectivity index (χ1v) is 4.97. The zero-order valence-electron chi connectivity index (χ0n) is 4.19. The first-order valence-electron chi connectivity index (χ1n) is 1.68. The molecule has 0 saturated heterocycles. The van der Waals surface area contributed by atoms with Crippen LogP contribution in [0, 0.1) is 0 Å². The van der Waals surface area contributed by atoms with Crippen molar-refractivity contribution >= 4 is 23.0 Å². The summed E-state index contributed by atoms with van der Waals surface area (Å²) in [6, 6.07) is 0. The van der Waals surface area contributed by atoms with Gasteiger partial charge >= 0.3 is 73.1 Å². The van der Waals surface area contributed by atoms with Crippen molar-refractivity contribution in [2.24, 2.45) is 0 Å². The molecule has 0 aromatic rings. The fourth-order valence-corrected chi connectivity index (χ4v) is 1.12. The van der Waals surface area contributed by atoms with Crippen LogP contribution in [0.4, 0.5) is 0 Å². The van der Waals surface area contributed by atoms with Gasteiger partial charge in [-0.25, -0.2) is 0 Å². The van der Waals surface area contributed by atoms with Gasteiger partial charge < -0.3 is 0 Å². The van der Waals surface area contributed by atoms with Gasteiger partial charge in [-0.15, -0.1) is 0 Å². The van der Waals surface area contributed by atoms with Crippen molar-refractivity contribution in [2.75, 3.05) is 11.7 Å². The van der Waals surface area contributed by atoms with Gasteiger partial charge in [0.2, 0.25) is 0 Å². The minimum absolute atomic E-state index is 0.263. The molecule has 6 heteroatoms. The second kappa shape index (κ2) is 8.30. The zero-order chi connectivity index (χ0) is 6.24. The number of rotatable bonds is 5. The van der Waals surface area contributed by atoms with Crippen molar-refractivity contribution in [3.05, 3.63) is 0 Å². The average Bonchev–Trinajstić information content (AvgIpc) is 1.81. The van der Waals surface area contributed by atoms with Crippen LogP contribution >= 0.6 is 23.0 Å². The number of halogens is 2. The van der Waals surface area contributed by atoms with Crippen molar-refractivity contribution in [3.8, 4) is 0 Å². The van der Waals surface area contributed by atoms with E-state index in [9.17, 15) is 0 Å². The zero-order valence-corrected chi connectivity index (χ0v) is 8.50. The molecular weight excluding hydrogens is 340 g/mol. The number of nitrogens with one attached hydrogen (secondary N) is 1. The maximum absolute atomic E-state index is 4.75. The Kier molecular flexibility index (Phi) is 9.65. The van der Waals surface area contributed by atoms with Gasteiger partial charge in [0.25, 0.3) is 0 Å². The summed E-state index contributed by atoms with van der Waals surface area (Å²) in [5.41, 5.74) is 2.23.